The molecule has 0 fully saturated rings. The second-order valence-corrected chi connectivity index (χ2v) is 5.98. The maximum Gasteiger partial charge on any atom is 0.248 e. The second-order valence-electron chi connectivity index (χ2n) is 4.90. The molecule has 18 heavy (non-hydrogen) atoms. The van der Waals surface area contributed by atoms with Gasteiger partial charge in [0.2, 0.25) is 5.91 Å². The summed E-state index contributed by atoms with van der Waals surface area (Å²) in [7, 11) is 0. The summed E-state index contributed by atoms with van der Waals surface area (Å²) in [5, 5.41) is 4.13. The highest BCUT2D eigenvalue weighted by atomic mass is 32.2. The summed E-state index contributed by atoms with van der Waals surface area (Å²) in [4.78, 5) is 15.7. The van der Waals surface area contributed by atoms with Gasteiger partial charge in [0.05, 0.1) is 5.54 Å². The number of amides is 1. The number of primary amides is 1. The molecule has 1 aliphatic heterocycles. The number of nitrogens with one attached hydrogen (secondary N) is 1. The van der Waals surface area contributed by atoms with Crippen molar-refractivity contribution >= 4 is 28.5 Å². The lowest BCUT2D eigenvalue weighted by Crippen LogP contribution is -2.27. The van der Waals surface area contributed by atoms with Crippen molar-refractivity contribution in [1.82, 2.24) is 0 Å². The van der Waals surface area contributed by atoms with E-state index in [4.69, 9.17) is 5.73 Å². The minimum absolute atomic E-state index is 0.0190. The van der Waals surface area contributed by atoms with E-state index >= 15 is 0 Å². The van der Waals surface area contributed by atoms with Gasteiger partial charge in [-0.2, -0.15) is 0 Å². The Labute approximate surface area is 111 Å². The molecule has 1 aromatic rings. The lowest BCUT2D eigenvalue weighted by Gasteiger charge is -2.26. The van der Waals surface area contributed by atoms with E-state index in [-0.39, 0.29) is 5.54 Å². The quantitative estimate of drug-likeness (QED) is 0.861. The third-order valence-electron chi connectivity index (χ3n) is 2.76. The van der Waals surface area contributed by atoms with Crippen LogP contribution in [0.5, 0.6) is 0 Å². The van der Waals surface area contributed by atoms with E-state index in [9.17, 15) is 4.79 Å². The van der Waals surface area contributed by atoms with Crippen LogP contribution in [0.3, 0.4) is 0 Å². The van der Waals surface area contributed by atoms with Gasteiger partial charge in [-0.15, -0.1) is 0 Å². The predicted molar refractivity (Wildman–Crippen MR) is 77.2 cm³/mol. The number of amidine groups is 1. The van der Waals surface area contributed by atoms with E-state index in [0.717, 1.165) is 23.0 Å². The molecule has 0 aliphatic carbocycles. The summed E-state index contributed by atoms with van der Waals surface area (Å²) in [6.45, 7) is 4.24. The molecule has 0 bridgehead atoms. The van der Waals surface area contributed by atoms with Crippen molar-refractivity contribution in [3.63, 3.8) is 0 Å². The van der Waals surface area contributed by atoms with Gasteiger partial charge in [0.1, 0.15) is 0 Å². The first-order valence-corrected chi connectivity index (χ1v) is 6.84. The Kier molecular flexibility index (Phi) is 3.61. The maximum atomic E-state index is 11.1. The van der Waals surface area contributed by atoms with Crippen molar-refractivity contribution < 1.29 is 4.79 Å². The number of hydrogen-bond acceptors (Lipinski definition) is 4. The van der Waals surface area contributed by atoms with Gasteiger partial charge in [-0.05, 0) is 38.5 Å². The number of nitrogens with zero attached hydrogens (tertiary/aromatic N) is 1. The first-order valence-electron chi connectivity index (χ1n) is 5.86. The van der Waals surface area contributed by atoms with Gasteiger partial charge in [0.25, 0.3) is 0 Å². The topological polar surface area (TPSA) is 67.5 Å². The van der Waals surface area contributed by atoms with E-state index in [0.29, 0.717) is 5.56 Å². The van der Waals surface area contributed by atoms with Crippen LogP contribution < -0.4 is 11.1 Å². The zero-order valence-corrected chi connectivity index (χ0v) is 11.4. The van der Waals surface area contributed by atoms with Crippen LogP contribution >= 0.6 is 11.8 Å². The first kappa shape index (κ1) is 13.0. The minimum Gasteiger partial charge on any atom is -0.366 e. The second kappa shape index (κ2) is 5.02. The number of carbonyl (C=O) groups excluding carboxylic acids is 1. The first-order chi connectivity index (χ1) is 8.46. The van der Waals surface area contributed by atoms with Crippen molar-refractivity contribution in [3.05, 3.63) is 29.8 Å². The van der Waals surface area contributed by atoms with Crippen molar-refractivity contribution in [2.75, 3.05) is 11.1 Å². The molecule has 0 aromatic heterocycles. The van der Waals surface area contributed by atoms with Gasteiger partial charge in [-0.25, -0.2) is 0 Å². The largest absolute Gasteiger partial charge is 0.366 e. The standard InChI is InChI=1S/C13H17N3OS/c1-13(2)6-7-18-12(16-13)15-10-5-3-4-9(8-10)11(14)17/h3-5,8H,6-7H2,1-2H3,(H2,14,17)(H,15,16). The number of aliphatic imine (C=N–C) groups is 1. The van der Waals surface area contributed by atoms with E-state index in [1.165, 1.54) is 0 Å². The number of thioether (sulfide) groups is 1. The van der Waals surface area contributed by atoms with E-state index < -0.39 is 5.91 Å². The van der Waals surface area contributed by atoms with E-state index in [2.05, 4.69) is 24.2 Å². The van der Waals surface area contributed by atoms with Crippen LogP contribution in [0, 0.1) is 0 Å². The summed E-state index contributed by atoms with van der Waals surface area (Å²) < 4.78 is 0. The molecule has 0 atom stereocenters. The van der Waals surface area contributed by atoms with Crippen LogP contribution in [-0.4, -0.2) is 22.4 Å². The summed E-state index contributed by atoms with van der Waals surface area (Å²) >= 11 is 1.70. The third-order valence-corrected chi connectivity index (χ3v) is 3.63. The fraction of sp³-hybridized carbons (Fsp3) is 0.385. The molecule has 0 spiro atoms. The summed E-state index contributed by atoms with van der Waals surface area (Å²) in [6.07, 6.45) is 1.07. The summed E-state index contributed by atoms with van der Waals surface area (Å²) in [6, 6.07) is 7.15. The molecule has 2 rings (SSSR count). The van der Waals surface area contributed by atoms with Crippen LogP contribution in [0.2, 0.25) is 0 Å². The number of hydrogen-bond donors (Lipinski definition) is 2. The zero-order chi connectivity index (χ0) is 13.2. The van der Waals surface area contributed by atoms with Gasteiger partial charge in [0, 0.05) is 17.0 Å². The third kappa shape index (κ3) is 3.26. The Morgan fingerprint density at radius 1 is 1.50 bits per heavy atom. The van der Waals surface area contributed by atoms with Crippen molar-refractivity contribution in [1.29, 1.82) is 0 Å². The number of anilines is 1. The number of nitrogens with two attached hydrogens (primary N) is 1. The molecule has 96 valence electrons. The Morgan fingerprint density at radius 2 is 2.28 bits per heavy atom. The molecular weight excluding hydrogens is 246 g/mol. The molecule has 1 aliphatic rings. The average Bonchev–Trinajstić information content (AvgIpc) is 2.28. The Balaban J connectivity index is 2.17. The summed E-state index contributed by atoms with van der Waals surface area (Å²) in [5.74, 6) is 0.631. The highest BCUT2D eigenvalue weighted by Crippen LogP contribution is 2.26. The fourth-order valence-electron chi connectivity index (χ4n) is 1.70. The van der Waals surface area contributed by atoms with Gasteiger partial charge in [0.15, 0.2) is 5.17 Å². The molecule has 0 unspecified atom stereocenters. The molecule has 5 heteroatoms. The van der Waals surface area contributed by atoms with Crippen molar-refractivity contribution in [3.8, 4) is 0 Å². The van der Waals surface area contributed by atoms with Crippen molar-refractivity contribution in [2.45, 2.75) is 25.8 Å². The molecule has 3 N–H and O–H groups in total. The smallest absolute Gasteiger partial charge is 0.248 e. The van der Waals surface area contributed by atoms with Crippen LogP contribution in [0.25, 0.3) is 0 Å². The Bertz CT molecular complexity index is 497. The van der Waals surface area contributed by atoms with Crippen molar-refractivity contribution in [2.24, 2.45) is 10.7 Å². The molecule has 1 heterocycles. The molecule has 0 saturated carbocycles. The molecule has 0 saturated heterocycles. The minimum atomic E-state index is -0.419. The molecule has 0 radical (unpaired) electrons. The lowest BCUT2D eigenvalue weighted by atomic mass is 10.0. The normalized spacial score (nSPS) is 18.0. The Hall–Kier alpha value is -1.49. The average molecular weight is 263 g/mol. The SMILES string of the molecule is CC1(C)CCSC(Nc2cccc(C(N)=O)c2)=N1. The highest BCUT2D eigenvalue weighted by Gasteiger charge is 2.22. The van der Waals surface area contributed by atoms with Crippen LogP contribution in [0.15, 0.2) is 29.3 Å². The monoisotopic (exact) mass is 263 g/mol. The van der Waals surface area contributed by atoms with E-state index in [1.54, 1.807) is 23.9 Å². The summed E-state index contributed by atoms with van der Waals surface area (Å²) in [5.41, 5.74) is 6.58. The van der Waals surface area contributed by atoms with Gasteiger partial charge in [-0.1, -0.05) is 17.8 Å². The zero-order valence-electron chi connectivity index (χ0n) is 10.6. The van der Waals surface area contributed by atoms with Crippen LogP contribution in [-0.2, 0) is 0 Å². The van der Waals surface area contributed by atoms with Crippen LogP contribution in [0.4, 0.5) is 5.69 Å². The van der Waals surface area contributed by atoms with Crippen LogP contribution in [0.1, 0.15) is 30.6 Å². The molecule has 4 nitrogen and oxygen atoms in total. The number of rotatable bonds is 2. The van der Waals surface area contributed by atoms with Gasteiger partial charge < -0.3 is 11.1 Å². The molecular formula is C13H17N3OS. The highest BCUT2D eigenvalue weighted by molar-refractivity contribution is 8.14. The number of benzene rings is 1. The number of carbonyl (C=O) groups is 1. The van der Waals surface area contributed by atoms with E-state index in [1.807, 2.05) is 12.1 Å². The molecule has 1 amide bonds. The maximum absolute atomic E-state index is 11.1. The predicted octanol–water partition coefficient (Wildman–Crippen LogP) is 2.47. The molecule has 1 aromatic carbocycles. The van der Waals surface area contributed by atoms with Gasteiger partial charge >= 0.3 is 0 Å². The fourth-order valence-corrected chi connectivity index (χ4v) is 2.99. The van der Waals surface area contributed by atoms with Gasteiger partial charge in [-0.3, -0.25) is 9.79 Å². The Morgan fingerprint density at radius 3 is 2.94 bits per heavy atom. The lowest BCUT2D eigenvalue weighted by molar-refractivity contribution is 0.100.